The van der Waals surface area contributed by atoms with E-state index in [1.54, 1.807) is 19.1 Å². The Morgan fingerprint density at radius 1 is 1.30 bits per heavy atom. The number of carbonyl (C=O) groups is 1. The van der Waals surface area contributed by atoms with Crippen LogP contribution in [0.2, 0.25) is 0 Å². The largest absolute Gasteiger partial charge is 1.00 e. The molecule has 0 spiro atoms. The van der Waals surface area contributed by atoms with E-state index in [4.69, 9.17) is 4.74 Å². The molecule has 0 aliphatic heterocycles. The van der Waals surface area contributed by atoms with E-state index >= 15 is 0 Å². The molecule has 7 heteroatoms. The molecule has 0 saturated carbocycles. The molecule has 20 heavy (non-hydrogen) atoms. The van der Waals surface area contributed by atoms with E-state index in [2.05, 4.69) is 9.97 Å². The maximum Gasteiger partial charge on any atom is 1.00 e. The Labute approximate surface area is 137 Å². The van der Waals surface area contributed by atoms with Crippen LogP contribution in [0.5, 0.6) is 11.6 Å². The third-order valence-electron chi connectivity index (χ3n) is 2.29. The van der Waals surface area contributed by atoms with E-state index in [0.29, 0.717) is 17.1 Å². The van der Waals surface area contributed by atoms with Crippen molar-refractivity contribution in [2.75, 3.05) is 6.61 Å². The number of phenolic OH excluding ortho intramolecular Hbond substituents is 1. The zero-order valence-corrected chi connectivity index (χ0v) is 13.2. The number of aromatic hydroxyl groups is 1. The van der Waals surface area contributed by atoms with Crippen LogP contribution in [-0.2, 0) is 4.79 Å². The van der Waals surface area contributed by atoms with Crippen LogP contribution in [0.25, 0.3) is 11.4 Å². The quantitative estimate of drug-likeness (QED) is 0.613. The van der Waals surface area contributed by atoms with Gasteiger partial charge in [0.1, 0.15) is 12.4 Å². The van der Waals surface area contributed by atoms with Gasteiger partial charge in [-0.05, 0) is 31.2 Å². The number of carboxylic acids is 1. The van der Waals surface area contributed by atoms with Gasteiger partial charge in [0.2, 0.25) is 5.88 Å². The van der Waals surface area contributed by atoms with Gasteiger partial charge in [0, 0.05) is 17.3 Å². The molecule has 0 aliphatic carbocycles. The molecule has 0 atom stereocenters. The van der Waals surface area contributed by atoms with Crippen LogP contribution in [-0.4, -0.2) is 27.7 Å². The second-order valence-corrected chi connectivity index (χ2v) is 3.88. The molecule has 1 aromatic heterocycles. The fourth-order valence-electron chi connectivity index (χ4n) is 1.49. The maximum atomic E-state index is 10.3. The third kappa shape index (κ3) is 4.48. The topological polar surface area (TPSA) is 95.4 Å². The van der Waals surface area contributed by atoms with E-state index in [9.17, 15) is 15.0 Å². The van der Waals surface area contributed by atoms with Gasteiger partial charge in [0.25, 0.3) is 0 Å². The van der Waals surface area contributed by atoms with Gasteiger partial charge in [-0.3, -0.25) is 0 Å². The predicted molar refractivity (Wildman–Crippen MR) is 64.4 cm³/mol. The molecule has 2 aromatic rings. The molecule has 98 valence electrons. The Hall–Kier alpha value is -1.63. The molecule has 0 bridgehead atoms. The van der Waals surface area contributed by atoms with Crippen molar-refractivity contribution in [2.45, 2.75) is 6.92 Å². The van der Waals surface area contributed by atoms with Gasteiger partial charge in [-0.15, -0.1) is 0 Å². The molecule has 0 unspecified atom stereocenters. The Bertz CT molecular complexity index is 602. The fraction of sp³-hybridized carbons (Fsp3) is 0.154. The SMILES string of the molecule is Cc1cc(OCC(=O)[O-])nc(-c2ccc(O)cc2)n1.[Na+]. The Morgan fingerprint density at radius 2 is 1.95 bits per heavy atom. The Kier molecular flexibility index (Phi) is 5.94. The van der Waals surface area contributed by atoms with Crippen LogP contribution in [0.3, 0.4) is 0 Å². The molecule has 0 amide bonds. The number of carbonyl (C=O) groups excluding carboxylic acids is 1. The van der Waals surface area contributed by atoms with Gasteiger partial charge >= 0.3 is 29.6 Å². The van der Waals surface area contributed by atoms with Crippen molar-refractivity contribution >= 4 is 5.97 Å². The summed E-state index contributed by atoms with van der Waals surface area (Å²) in [6.07, 6.45) is 0. The van der Waals surface area contributed by atoms with E-state index in [1.165, 1.54) is 18.2 Å². The van der Waals surface area contributed by atoms with E-state index in [0.717, 1.165) is 0 Å². The molecule has 0 aliphatic rings. The molecule has 1 N–H and O–H groups in total. The number of aromatic nitrogens is 2. The summed E-state index contributed by atoms with van der Waals surface area (Å²) in [5, 5.41) is 19.6. The molecule has 2 rings (SSSR count). The average Bonchev–Trinajstić information content (AvgIpc) is 2.36. The van der Waals surface area contributed by atoms with Crippen molar-refractivity contribution in [3.63, 3.8) is 0 Å². The number of aryl methyl sites for hydroxylation is 1. The number of nitrogens with zero attached hydrogens (tertiary/aromatic N) is 2. The smallest absolute Gasteiger partial charge is 0.546 e. The molecule has 0 saturated heterocycles. The average molecular weight is 282 g/mol. The summed E-state index contributed by atoms with van der Waals surface area (Å²) >= 11 is 0. The van der Waals surface area contributed by atoms with Crippen molar-refractivity contribution in [1.29, 1.82) is 0 Å². The molecule has 1 heterocycles. The zero-order chi connectivity index (χ0) is 13.8. The number of hydrogen-bond donors (Lipinski definition) is 1. The minimum absolute atomic E-state index is 0. The number of ether oxygens (including phenoxy) is 1. The Balaban J connectivity index is 0.00000200. The summed E-state index contributed by atoms with van der Waals surface area (Å²) in [5.41, 5.74) is 1.34. The van der Waals surface area contributed by atoms with E-state index in [-0.39, 0.29) is 41.2 Å². The summed E-state index contributed by atoms with van der Waals surface area (Å²) < 4.78 is 4.97. The Morgan fingerprint density at radius 3 is 2.55 bits per heavy atom. The van der Waals surface area contributed by atoms with Gasteiger partial charge in [-0.1, -0.05) is 0 Å². The van der Waals surface area contributed by atoms with Crippen LogP contribution in [0.1, 0.15) is 5.69 Å². The number of hydrogen-bond acceptors (Lipinski definition) is 6. The van der Waals surface area contributed by atoms with Crippen LogP contribution in [0.4, 0.5) is 0 Å². The minimum atomic E-state index is -1.32. The van der Waals surface area contributed by atoms with Crippen LogP contribution in [0, 0.1) is 6.92 Å². The fourth-order valence-corrected chi connectivity index (χ4v) is 1.49. The van der Waals surface area contributed by atoms with Crippen molar-refractivity contribution < 1.29 is 49.3 Å². The van der Waals surface area contributed by atoms with Crippen molar-refractivity contribution in [2.24, 2.45) is 0 Å². The molecule has 1 aromatic carbocycles. The number of aliphatic carboxylic acids is 1. The standard InChI is InChI=1S/C13H12N2O4.Na/c1-8-6-11(19-7-12(17)18)15-13(14-8)9-2-4-10(16)5-3-9;/h2-6,16H,7H2,1H3,(H,17,18);/q;+1/p-1. The van der Waals surface area contributed by atoms with E-state index in [1.807, 2.05) is 0 Å². The van der Waals surface area contributed by atoms with Gasteiger partial charge in [-0.2, -0.15) is 4.98 Å². The number of carboxylic acid groups (broad SMARTS) is 1. The number of benzene rings is 1. The summed E-state index contributed by atoms with van der Waals surface area (Å²) in [6, 6.07) is 7.89. The second-order valence-electron chi connectivity index (χ2n) is 3.88. The first-order valence-electron chi connectivity index (χ1n) is 5.52. The van der Waals surface area contributed by atoms with Crippen molar-refractivity contribution in [3.8, 4) is 23.0 Å². The normalized spacial score (nSPS) is 9.65. The van der Waals surface area contributed by atoms with Gasteiger partial charge in [-0.25, -0.2) is 4.98 Å². The molecule has 0 fully saturated rings. The number of phenols is 1. The van der Waals surface area contributed by atoms with Gasteiger partial charge in [0.15, 0.2) is 5.82 Å². The zero-order valence-electron chi connectivity index (χ0n) is 11.2. The minimum Gasteiger partial charge on any atom is -0.546 e. The summed E-state index contributed by atoms with van der Waals surface area (Å²) in [7, 11) is 0. The van der Waals surface area contributed by atoms with Crippen molar-refractivity contribution in [3.05, 3.63) is 36.0 Å². The third-order valence-corrected chi connectivity index (χ3v) is 2.29. The molecule has 6 nitrogen and oxygen atoms in total. The summed E-state index contributed by atoms with van der Waals surface area (Å²) in [6.45, 7) is 1.18. The van der Waals surface area contributed by atoms with Gasteiger partial charge in [0.05, 0.1) is 5.97 Å². The first-order valence-corrected chi connectivity index (χ1v) is 5.52. The first kappa shape index (κ1) is 16.4. The second kappa shape index (κ2) is 7.23. The van der Waals surface area contributed by atoms with Crippen LogP contribution < -0.4 is 39.4 Å². The monoisotopic (exact) mass is 282 g/mol. The summed E-state index contributed by atoms with van der Waals surface area (Å²) in [4.78, 5) is 18.7. The predicted octanol–water partition coefficient (Wildman–Crippen LogP) is -2.71. The van der Waals surface area contributed by atoms with E-state index < -0.39 is 12.6 Å². The van der Waals surface area contributed by atoms with Crippen molar-refractivity contribution in [1.82, 2.24) is 9.97 Å². The summed E-state index contributed by atoms with van der Waals surface area (Å²) in [5.74, 6) is -0.611. The molecular formula is C13H11N2NaO4. The molecular weight excluding hydrogens is 271 g/mol. The van der Waals surface area contributed by atoms with Gasteiger partial charge < -0.3 is 19.7 Å². The maximum absolute atomic E-state index is 10.3. The first-order chi connectivity index (χ1) is 9.04. The van der Waals surface area contributed by atoms with Crippen LogP contribution >= 0.6 is 0 Å². The molecule has 0 radical (unpaired) electrons. The number of rotatable bonds is 4. The van der Waals surface area contributed by atoms with Crippen LogP contribution in [0.15, 0.2) is 30.3 Å².